The molecule has 0 saturated carbocycles. The van der Waals surface area contributed by atoms with Crippen LogP contribution in [0, 0.1) is 0 Å². The van der Waals surface area contributed by atoms with E-state index in [1.165, 1.54) is 11.8 Å². The van der Waals surface area contributed by atoms with Crippen molar-refractivity contribution in [3.8, 4) is 11.5 Å². The van der Waals surface area contributed by atoms with Crippen LogP contribution in [0.2, 0.25) is 0 Å². The molecule has 1 aliphatic heterocycles. The maximum Gasteiger partial charge on any atom is 0.266 e. The molecule has 162 valence electrons. The number of ether oxygens (including phenoxy) is 2. The quantitative estimate of drug-likeness (QED) is 0.426. The maximum absolute atomic E-state index is 13.0. The van der Waals surface area contributed by atoms with Crippen molar-refractivity contribution in [1.82, 2.24) is 4.90 Å². The number of benzene rings is 3. The maximum atomic E-state index is 13.0. The molecular weight excluding hydrogens is 420 g/mol. The van der Waals surface area contributed by atoms with E-state index < -0.39 is 0 Å². The van der Waals surface area contributed by atoms with Crippen LogP contribution in [0.1, 0.15) is 18.1 Å². The van der Waals surface area contributed by atoms with Crippen molar-refractivity contribution in [2.24, 2.45) is 4.99 Å². The van der Waals surface area contributed by atoms with Gasteiger partial charge >= 0.3 is 0 Å². The van der Waals surface area contributed by atoms with Gasteiger partial charge in [-0.05, 0) is 60.7 Å². The number of methoxy groups -OCH3 is 1. The van der Waals surface area contributed by atoms with Crippen molar-refractivity contribution in [3.63, 3.8) is 0 Å². The van der Waals surface area contributed by atoms with Gasteiger partial charge in [0.15, 0.2) is 5.17 Å². The summed E-state index contributed by atoms with van der Waals surface area (Å²) >= 11 is 1.37. The van der Waals surface area contributed by atoms with Crippen LogP contribution in [0.3, 0.4) is 0 Å². The Morgan fingerprint density at radius 1 is 0.969 bits per heavy atom. The molecule has 0 unspecified atom stereocenters. The fourth-order valence-corrected chi connectivity index (χ4v) is 4.30. The molecule has 1 saturated heterocycles. The van der Waals surface area contributed by atoms with Gasteiger partial charge in [0, 0.05) is 12.1 Å². The number of carbonyl (C=O) groups is 1. The summed E-state index contributed by atoms with van der Waals surface area (Å²) < 4.78 is 11.2. The highest BCUT2D eigenvalue weighted by Gasteiger charge is 2.32. The monoisotopic (exact) mass is 444 g/mol. The molecule has 1 fully saturated rings. The number of hydrogen-bond acceptors (Lipinski definition) is 5. The number of para-hydroxylation sites is 1. The Morgan fingerprint density at radius 3 is 2.41 bits per heavy atom. The van der Waals surface area contributed by atoms with E-state index in [1.807, 2.05) is 91.9 Å². The summed E-state index contributed by atoms with van der Waals surface area (Å²) in [6.07, 6.45) is 1.88. The zero-order chi connectivity index (χ0) is 22.3. The van der Waals surface area contributed by atoms with Gasteiger partial charge in [-0.25, -0.2) is 4.99 Å². The van der Waals surface area contributed by atoms with E-state index in [0.717, 1.165) is 28.3 Å². The van der Waals surface area contributed by atoms with Gasteiger partial charge < -0.3 is 9.47 Å². The fraction of sp³-hybridized carbons (Fsp3) is 0.154. The second-order valence-corrected chi connectivity index (χ2v) is 8.07. The summed E-state index contributed by atoms with van der Waals surface area (Å²) in [6.45, 7) is 2.96. The van der Waals surface area contributed by atoms with Gasteiger partial charge in [0.2, 0.25) is 0 Å². The molecule has 3 aromatic rings. The molecule has 1 aliphatic rings. The SMILES string of the molecule is CCN1C(=O)/C(=C\c2ccccc2OCc2ccccc2)SC1=Nc1ccc(OC)cc1. The van der Waals surface area contributed by atoms with E-state index in [1.54, 1.807) is 12.0 Å². The van der Waals surface area contributed by atoms with Gasteiger partial charge in [0.1, 0.15) is 18.1 Å². The molecular formula is C26H24N2O3S. The zero-order valence-electron chi connectivity index (χ0n) is 18.0. The molecule has 3 aromatic carbocycles. The lowest BCUT2D eigenvalue weighted by molar-refractivity contribution is -0.122. The number of aliphatic imine (C=N–C) groups is 1. The second kappa shape index (κ2) is 10.2. The Hall–Kier alpha value is -3.51. The van der Waals surface area contributed by atoms with E-state index in [4.69, 9.17) is 9.47 Å². The fourth-order valence-electron chi connectivity index (χ4n) is 3.25. The Balaban J connectivity index is 1.57. The molecule has 0 spiro atoms. The highest BCUT2D eigenvalue weighted by Crippen LogP contribution is 2.35. The lowest BCUT2D eigenvalue weighted by Crippen LogP contribution is -2.28. The first-order chi connectivity index (χ1) is 15.7. The third kappa shape index (κ3) is 5.03. The number of thioether (sulfide) groups is 1. The Labute approximate surface area is 192 Å². The molecule has 32 heavy (non-hydrogen) atoms. The van der Waals surface area contributed by atoms with E-state index in [9.17, 15) is 4.79 Å². The molecule has 0 aromatic heterocycles. The van der Waals surface area contributed by atoms with E-state index >= 15 is 0 Å². The Morgan fingerprint density at radius 2 is 1.69 bits per heavy atom. The van der Waals surface area contributed by atoms with Crippen LogP contribution in [0.5, 0.6) is 11.5 Å². The summed E-state index contributed by atoms with van der Waals surface area (Å²) in [4.78, 5) is 20.0. The van der Waals surface area contributed by atoms with Crippen LogP contribution in [0.4, 0.5) is 5.69 Å². The van der Waals surface area contributed by atoms with Crippen LogP contribution < -0.4 is 9.47 Å². The summed E-state index contributed by atoms with van der Waals surface area (Å²) in [7, 11) is 1.63. The normalized spacial score (nSPS) is 16.1. The van der Waals surface area contributed by atoms with Crippen molar-refractivity contribution in [3.05, 3.63) is 94.9 Å². The molecule has 0 aliphatic carbocycles. The number of hydrogen-bond donors (Lipinski definition) is 0. The van der Waals surface area contributed by atoms with Crippen molar-refractivity contribution in [2.75, 3.05) is 13.7 Å². The third-order valence-corrected chi connectivity index (χ3v) is 5.95. The van der Waals surface area contributed by atoms with Gasteiger partial charge in [-0.2, -0.15) is 0 Å². The summed E-state index contributed by atoms with van der Waals surface area (Å²) in [6, 6.07) is 25.2. The van der Waals surface area contributed by atoms with Crippen LogP contribution in [-0.4, -0.2) is 29.6 Å². The van der Waals surface area contributed by atoms with Gasteiger partial charge in [0.05, 0.1) is 17.7 Å². The first kappa shape index (κ1) is 21.7. The van der Waals surface area contributed by atoms with Crippen LogP contribution >= 0.6 is 11.8 Å². The minimum Gasteiger partial charge on any atom is -0.497 e. The molecule has 1 heterocycles. The summed E-state index contributed by atoms with van der Waals surface area (Å²) in [5, 5.41) is 0.664. The highest BCUT2D eigenvalue weighted by molar-refractivity contribution is 8.18. The smallest absolute Gasteiger partial charge is 0.266 e. The Bertz CT molecular complexity index is 1140. The summed E-state index contributed by atoms with van der Waals surface area (Å²) in [5.41, 5.74) is 2.72. The van der Waals surface area contributed by atoms with Gasteiger partial charge in [-0.1, -0.05) is 48.5 Å². The van der Waals surface area contributed by atoms with Gasteiger partial charge in [-0.3, -0.25) is 9.69 Å². The van der Waals surface area contributed by atoms with E-state index in [2.05, 4.69) is 4.99 Å². The largest absolute Gasteiger partial charge is 0.497 e. The van der Waals surface area contributed by atoms with E-state index in [-0.39, 0.29) is 5.91 Å². The highest BCUT2D eigenvalue weighted by atomic mass is 32.2. The standard InChI is InChI=1S/C26H24N2O3S/c1-3-28-25(29)24(32-26(28)27-21-13-15-22(30-2)16-14-21)17-20-11-7-8-12-23(20)31-18-19-9-5-4-6-10-19/h4-17H,3,18H2,1-2H3/b24-17+,27-26?. The van der Waals surface area contributed by atoms with Crippen molar-refractivity contribution >= 4 is 34.6 Å². The lowest BCUT2D eigenvalue weighted by Gasteiger charge is -2.12. The third-order valence-electron chi connectivity index (χ3n) is 4.94. The molecule has 0 radical (unpaired) electrons. The number of amidine groups is 1. The van der Waals surface area contributed by atoms with Crippen LogP contribution in [0.15, 0.2) is 88.8 Å². The second-order valence-electron chi connectivity index (χ2n) is 7.06. The zero-order valence-corrected chi connectivity index (χ0v) is 18.8. The van der Waals surface area contributed by atoms with Crippen molar-refractivity contribution < 1.29 is 14.3 Å². The van der Waals surface area contributed by atoms with Crippen LogP contribution in [-0.2, 0) is 11.4 Å². The van der Waals surface area contributed by atoms with Crippen LogP contribution in [0.25, 0.3) is 6.08 Å². The molecule has 4 rings (SSSR count). The predicted octanol–water partition coefficient (Wildman–Crippen LogP) is 5.90. The average Bonchev–Trinajstić information content (AvgIpc) is 3.13. The van der Waals surface area contributed by atoms with Gasteiger partial charge in [-0.15, -0.1) is 0 Å². The lowest BCUT2D eigenvalue weighted by atomic mass is 10.1. The molecule has 0 atom stereocenters. The van der Waals surface area contributed by atoms with Crippen molar-refractivity contribution in [1.29, 1.82) is 0 Å². The van der Waals surface area contributed by atoms with Gasteiger partial charge in [0.25, 0.3) is 5.91 Å². The number of rotatable bonds is 7. The summed E-state index contributed by atoms with van der Waals surface area (Å²) in [5.74, 6) is 1.45. The minimum atomic E-state index is -0.0531. The first-order valence-corrected chi connectivity index (χ1v) is 11.2. The Kier molecular flexibility index (Phi) is 6.92. The number of carbonyl (C=O) groups excluding carboxylic acids is 1. The average molecular weight is 445 g/mol. The molecule has 6 heteroatoms. The molecule has 5 nitrogen and oxygen atoms in total. The molecule has 1 amide bonds. The number of nitrogens with zero attached hydrogens (tertiary/aromatic N) is 2. The molecule has 0 N–H and O–H groups in total. The minimum absolute atomic E-state index is 0.0531. The predicted molar refractivity (Wildman–Crippen MR) is 130 cm³/mol. The topological polar surface area (TPSA) is 51.1 Å². The van der Waals surface area contributed by atoms with E-state index in [0.29, 0.717) is 23.2 Å². The first-order valence-electron chi connectivity index (χ1n) is 10.4. The van der Waals surface area contributed by atoms with Crippen molar-refractivity contribution in [2.45, 2.75) is 13.5 Å². The number of likely N-dealkylation sites (N-methyl/N-ethyl adjacent to an activating group) is 1. The molecule has 0 bridgehead atoms. The number of amides is 1.